The van der Waals surface area contributed by atoms with Crippen LogP contribution in [0.5, 0.6) is 0 Å². The van der Waals surface area contributed by atoms with E-state index in [-0.39, 0.29) is 23.9 Å². The number of thiazole rings is 1. The molecular weight excluding hydrogens is 446 g/mol. The number of rotatable bonds is 7. The van der Waals surface area contributed by atoms with Crippen molar-refractivity contribution >= 4 is 56.0 Å². The molecule has 32 heavy (non-hydrogen) atoms. The van der Waals surface area contributed by atoms with E-state index in [1.807, 2.05) is 31.2 Å². The van der Waals surface area contributed by atoms with Crippen LogP contribution >= 0.6 is 23.7 Å². The Morgan fingerprint density at radius 3 is 2.56 bits per heavy atom. The van der Waals surface area contributed by atoms with Gasteiger partial charge in [0, 0.05) is 18.5 Å². The zero-order valence-electron chi connectivity index (χ0n) is 18.3. The molecule has 0 spiro atoms. The number of aryl methyl sites for hydroxylation is 1. The van der Waals surface area contributed by atoms with E-state index in [1.54, 1.807) is 23.1 Å². The molecule has 0 fully saturated rings. The van der Waals surface area contributed by atoms with Crippen LogP contribution < -0.4 is 10.5 Å². The van der Waals surface area contributed by atoms with Crippen LogP contribution in [-0.2, 0) is 0 Å². The molecule has 0 aliphatic carbocycles. The van der Waals surface area contributed by atoms with Gasteiger partial charge in [0.15, 0.2) is 5.13 Å². The SMILES string of the molecule is CCN(CC)CCN(C(=O)c1cc2ccccc2oc1=O)c1nc2ccc(C)cc2s1.Cl. The first-order chi connectivity index (χ1) is 15.0. The van der Waals surface area contributed by atoms with Crippen molar-refractivity contribution in [2.75, 3.05) is 31.1 Å². The predicted molar refractivity (Wildman–Crippen MR) is 134 cm³/mol. The molecule has 2 aromatic carbocycles. The molecule has 0 N–H and O–H groups in total. The molecule has 0 radical (unpaired) electrons. The van der Waals surface area contributed by atoms with Crippen LogP contribution in [-0.4, -0.2) is 42.0 Å². The monoisotopic (exact) mass is 471 g/mol. The average molecular weight is 472 g/mol. The number of fused-ring (bicyclic) bond motifs is 2. The minimum Gasteiger partial charge on any atom is -0.422 e. The van der Waals surface area contributed by atoms with E-state index in [0.717, 1.165) is 28.9 Å². The Hall–Kier alpha value is -2.74. The lowest BCUT2D eigenvalue weighted by Gasteiger charge is -2.24. The quantitative estimate of drug-likeness (QED) is 0.350. The number of amides is 1. The molecule has 6 nitrogen and oxygen atoms in total. The first-order valence-electron chi connectivity index (χ1n) is 10.4. The number of para-hydroxylation sites is 1. The lowest BCUT2D eigenvalue weighted by molar-refractivity contribution is 0.0980. The van der Waals surface area contributed by atoms with Gasteiger partial charge < -0.3 is 9.32 Å². The van der Waals surface area contributed by atoms with E-state index in [0.29, 0.717) is 29.2 Å². The van der Waals surface area contributed by atoms with Crippen LogP contribution in [0.4, 0.5) is 5.13 Å². The number of hydrogen-bond donors (Lipinski definition) is 0. The molecule has 0 atom stereocenters. The molecule has 0 saturated heterocycles. The second-order valence-corrected chi connectivity index (χ2v) is 8.45. The zero-order chi connectivity index (χ0) is 22.0. The number of hydrogen-bond acceptors (Lipinski definition) is 6. The molecule has 0 aliphatic rings. The van der Waals surface area contributed by atoms with Gasteiger partial charge in [0.2, 0.25) is 0 Å². The second kappa shape index (κ2) is 10.3. The van der Waals surface area contributed by atoms with Gasteiger partial charge in [0.1, 0.15) is 11.1 Å². The summed E-state index contributed by atoms with van der Waals surface area (Å²) < 4.78 is 6.43. The van der Waals surface area contributed by atoms with Crippen LogP contribution in [0.3, 0.4) is 0 Å². The summed E-state index contributed by atoms with van der Waals surface area (Å²) in [6.07, 6.45) is 0. The number of carbonyl (C=O) groups excluding carboxylic acids is 1. The summed E-state index contributed by atoms with van der Waals surface area (Å²) in [5, 5.41) is 1.30. The van der Waals surface area contributed by atoms with Crippen molar-refractivity contribution in [1.29, 1.82) is 0 Å². The molecule has 2 aromatic heterocycles. The van der Waals surface area contributed by atoms with Crippen LogP contribution in [0.1, 0.15) is 29.8 Å². The summed E-state index contributed by atoms with van der Waals surface area (Å²) in [5.74, 6) is -0.387. The molecule has 0 saturated carbocycles. The first-order valence-corrected chi connectivity index (χ1v) is 11.3. The number of aromatic nitrogens is 1. The van der Waals surface area contributed by atoms with Gasteiger partial charge in [-0.25, -0.2) is 9.78 Å². The highest BCUT2D eigenvalue weighted by Crippen LogP contribution is 2.30. The summed E-state index contributed by atoms with van der Waals surface area (Å²) in [5.41, 5.74) is 1.84. The van der Waals surface area contributed by atoms with Crippen LogP contribution in [0.2, 0.25) is 0 Å². The third-order valence-electron chi connectivity index (χ3n) is 5.41. The maximum Gasteiger partial charge on any atom is 0.349 e. The van der Waals surface area contributed by atoms with Crippen molar-refractivity contribution in [3.63, 3.8) is 0 Å². The molecule has 4 aromatic rings. The zero-order valence-corrected chi connectivity index (χ0v) is 20.0. The van der Waals surface area contributed by atoms with Crippen molar-refractivity contribution in [2.45, 2.75) is 20.8 Å². The Morgan fingerprint density at radius 1 is 1.06 bits per heavy atom. The Balaban J connectivity index is 0.00000289. The lowest BCUT2D eigenvalue weighted by Crippen LogP contribution is -2.40. The Kier molecular flexibility index (Phi) is 7.66. The Morgan fingerprint density at radius 2 is 1.81 bits per heavy atom. The van der Waals surface area contributed by atoms with Gasteiger partial charge in [0.05, 0.1) is 10.2 Å². The smallest absolute Gasteiger partial charge is 0.349 e. The predicted octanol–water partition coefficient (Wildman–Crippen LogP) is 5.12. The molecule has 168 valence electrons. The summed E-state index contributed by atoms with van der Waals surface area (Å²) in [6, 6.07) is 14.8. The van der Waals surface area contributed by atoms with E-state index in [1.165, 1.54) is 11.3 Å². The van der Waals surface area contributed by atoms with Crippen molar-refractivity contribution < 1.29 is 9.21 Å². The number of carbonyl (C=O) groups is 1. The van der Waals surface area contributed by atoms with Crippen molar-refractivity contribution in [3.05, 3.63) is 70.1 Å². The third-order valence-corrected chi connectivity index (χ3v) is 6.46. The van der Waals surface area contributed by atoms with E-state index >= 15 is 0 Å². The highest BCUT2D eigenvalue weighted by Gasteiger charge is 2.25. The van der Waals surface area contributed by atoms with Gasteiger partial charge in [-0.2, -0.15) is 0 Å². The van der Waals surface area contributed by atoms with E-state index in [4.69, 9.17) is 9.40 Å². The molecule has 0 bridgehead atoms. The highest BCUT2D eigenvalue weighted by molar-refractivity contribution is 7.22. The second-order valence-electron chi connectivity index (χ2n) is 7.44. The number of halogens is 1. The van der Waals surface area contributed by atoms with Gasteiger partial charge in [-0.3, -0.25) is 9.69 Å². The van der Waals surface area contributed by atoms with Crippen molar-refractivity contribution in [1.82, 2.24) is 9.88 Å². The van der Waals surface area contributed by atoms with Gasteiger partial charge in [-0.05, 0) is 49.8 Å². The fourth-order valence-corrected chi connectivity index (χ4v) is 4.65. The van der Waals surface area contributed by atoms with Crippen LogP contribution in [0.15, 0.2) is 57.7 Å². The van der Waals surface area contributed by atoms with Crippen molar-refractivity contribution in [3.8, 4) is 0 Å². The molecule has 4 rings (SSSR count). The molecule has 0 aliphatic heterocycles. The fourth-order valence-electron chi connectivity index (χ4n) is 3.56. The van der Waals surface area contributed by atoms with Crippen LogP contribution in [0.25, 0.3) is 21.2 Å². The number of nitrogens with zero attached hydrogens (tertiary/aromatic N) is 3. The molecule has 1 amide bonds. The van der Waals surface area contributed by atoms with E-state index in [9.17, 15) is 9.59 Å². The van der Waals surface area contributed by atoms with Gasteiger partial charge >= 0.3 is 5.63 Å². The first kappa shape index (κ1) is 23.9. The largest absolute Gasteiger partial charge is 0.422 e. The molecular formula is C24H26ClN3O3S. The minimum absolute atomic E-state index is 0. The Labute approximate surface area is 196 Å². The maximum atomic E-state index is 13.6. The fraction of sp³-hybridized carbons (Fsp3) is 0.292. The number of benzene rings is 2. The summed E-state index contributed by atoms with van der Waals surface area (Å²) in [7, 11) is 0. The minimum atomic E-state index is -0.631. The summed E-state index contributed by atoms with van der Waals surface area (Å²) >= 11 is 1.46. The standard InChI is InChI=1S/C24H25N3O3S.ClH/c1-4-26(5-2)12-13-27(24-25-19-11-10-16(3)14-21(19)31-24)22(28)18-15-17-8-6-7-9-20(17)30-23(18)29;/h6-11,14-15H,4-5,12-13H2,1-3H3;1H. The highest BCUT2D eigenvalue weighted by atomic mass is 35.5. The van der Waals surface area contributed by atoms with Gasteiger partial charge in [-0.15, -0.1) is 12.4 Å². The lowest BCUT2D eigenvalue weighted by atomic mass is 10.1. The normalized spacial score (nSPS) is 11.1. The Bertz CT molecular complexity index is 1300. The van der Waals surface area contributed by atoms with Crippen molar-refractivity contribution in [2.24, 2.45) is 0 Å². The van der Waals surface area contributed by atoms with Crippen LogP contribution in [0, 0.1) is 6.92 Å². The summed E-state index contributed by atoms with van der Waals surface area (Å²) in [4.78, 5) is 34.7. The van der Waals surface area contributed by atoms with Gasteiger partial charge in [0.25, 0.3) is 5.91 Å². The third kappa shape index (κ3) is 4.85. The average Bonchev–Trinajstić information content (AvgIpc) is 3.18. The van der Waals surface area contributed by atoms with E-state index < -0.39 is 5.63 Å². The number of likely N-dealkylation sites (N-methyl/N-ethyl adjacent to an activating group) is 1. The molecule has 8 heteroatoms. The van der Waals surface area contributed by atoms with Gasteiger partial charge in [-0.1, -0.05) is 49.4 Å². The molecule has 2 heterocycles. The number of anilines is 1. The maximum absolute atomic E-state index is 13.6. The summed E-state index contributed by atoms with van der Waals surface area (Å²) in [6.45, 7) is 9.11. The molecule has 0 unspecified atom stereocenters. The van der Waals surface area contributed by atoms with E-state index in [2.05, 4.69) is 24.8 Å². The topological polar surface area (TPSA) is 66.7 Å².